The van der Waals surface area contributed by atoms with Crippen molar-refractivity contribution in [2.75, 3.05) is 19.7 Å². The van der Waals surface area contributed by atoms with Gasteiger partial charge in [-0.15, -0.1) is 0 Å². The van der Waals surface area contributed by atoms with E-state index >= 15 is 0 Å². The molecular formula is C13H27NO2. The second-order valence-electron chi connectivity index (χ2n) is 5.20. The van der Waals surface area contributed by atoms with Crippen LogP contribution in [0.5, 0.6) is 0 Å². The molecule has 1 rings (SSSR count). The molecule has 1 fully saturated rings. The van der Waals surface area contributed by atoms with Gasteiger partial charge in [0, 0.05) is 13.2 Å². The van der Waals surface area contributed by atoms with E-state index in [0.717, 1.165) is 51.6 Å². The summed E-state index contributed by atoms with van der Waals surface area (Å²) in [7, 11) is 0. The molecule has 0 aromatic heterocycles. The first-order chi connectivity index (χ1) is 7.70. The van der Waals surface area contributed by atoms with Crippen molar-refractivity contribution in [1.82, 2.24) is 5.32 Å². The topological polar surface area (TPSA) is 52.5 Å². The maximum Gasteiger partial charge on any atom is 0.0771 e. The number of aliphatic hydroxyl groups is 2. The second kappa shape index (κ2) is 7.25. The van der Waals surface area contributed by atoms with Gasteiger partial charge in [0.15, 0.2) is 0 Å². The Hall–Kier alpha value is -0.120. The van der Waals surface area contributed by atoms with Gasteiger partial charge in [-0.2, -0.15) is 0 Å². The van der Waals surface area contributed by atoms with Crippen LogP contribution in [0.15, 0.2) is 0 Å². The minimum absolute atomic E-state index is 0.268. The van der Waals surface area contributed by atoms with Gasteiger partial charge in [0.05, 0.1) is 5.60 Å². The fourth-order valence-corrected chi connectivity index (χ4v) is 2.53. The lowest BCUT2D eigenvalue weighted by atomic mass is 9.85. The standard InChI is InChI=1S/C13H27NO2/c1-2-12(6-9-15)10-14-11-13(16)7-4-3-5-8-13/h12,14-16H,2-11H2,1H3. The van der Waals surface area contributed by atoms with E-state index in [2.05, 4.69) is 12.2 Å². The third kappa shape index (κ3) is 4.81. The smallest absolute Gasteiger partial charge is 0.0771 e. The molecule has 1 aliphatic carbocycles. The summed E-state index contributed by atoms with van der Waals surface area (Å²) in [5, 5.41) is 22.5. The summed E-state index contributed by atoms with van der Waals surface area (Å²) in [6.45, 7) is 4.05. The fraction of sp³-hybridized carbons (Fsp3) is 1.00. The average Bonchev–Trinajstić information content (AvgIpc) is 2.29. The van der Waals surface area contributed by atoms with Crippen LogP contribution in [0.25, 0.3) is 0 Å². The van der Waals surface area contributed by atoms with Crippen molar-refractivity contribution in [2.45, 2.75) is 57.5 Å². The Kier molecular flexibility index (Phi) is 6.32. The highest BCUT2D eigenvalue weighted by Gasteiger charge is 2.28. The highest BCUT2D eigenvalue weighted by molar-refractivity contribution is 4.84. The van der Waals surface area contributed by atoms with E-state index in [1.165, 1.54) is 6.42 Å². The lowest BCUT2D eigenvalue weighted by Crippen LogP contribution is -2.43. The predicted molar refractivity (Wildman–Crippen MR) is 66.4 cm³/mol. The van der Waals surface area contributed by atoms with E-state index in [1.54, 1.807) is 0 Å². The molecular weight excluding hydrogens is 202 g/mol. The van der Waals surface area contributed by atoms with Crippen LogP contribution in [-0.4, -0.2) is 35.5 Å². The molecule has 1 aliphatic rings. The zero-order chi connectivity index (χ0) is 11.9. The van der Waals surface area contributed by atoms with E-state index < -0.39 is 5.60 Å². The first-order valence-electron chi connectivity index (χ1n) is 6.74. The molecule has 96 valence electrons. The third-order valence-electron chi connectivity index (χ3n) is 3.79. The second-order valence-corrected chi connectivity index (χ2v) is 5.20. The summed E-state index contributed by atoms with van der Waals surface area (Å²) in [5.74, 6) is 0.539. The van der Waals surface area contributed by atoms with Crippen LogP contribution in [0.1, 0.15) is 51.9 Å². The Morgan fingerprint density at radius 2 is 1.94 bits per heavy atom. The minimum atomic E-state index is -0.463. The SMILES string of the molecule is CCC(CCO)CNCC1(O)CCCCC1. The van der Waals surface area contributed by atoms with Gasteiger partial charge in [0.2, 0.25) is 0 Å². The van der Waals surface area contributed by atoms with E-state index in [-0.39, 0.29) is 6.61 Å². The zero-order valence-corrected chi connectivity index (χ0v) is 10.5. The van der Waals surface area contributed by atoms with Crippen molar-refractivity contribution >= 4 is 0 Å². The molecule has 3 heteroatoms. The van der Waals surface area contributed by atoms with Gasteiger partial charge >= 0.3 is 0 Å². The molecule has 1 unspecified atom stereocenters. The molecule has 0 spiro atoms. The monoisotopic (exact) mass is 229 g/mol. The largest absolute Gasteiger partial charge is 0.396 e. The predicted octanol–water partition coefficient (Wildman–Crippen LogP) is 1.68. The molecule has 0 amide bonds. The van der Waals surface area contributed by atoms with Crippen LogP contribution in [0, 0.1) is 5.92 Å². The van der Waals surface area contributed by atoms with Gasteiger partial charge in [0.25, 0.3) is 0 Å². The third-order valence-corrected chi connectivity index (χ3v) is 3.79. The molecule has 1 saturated carbocycles. The first kappa shape index (κ1) is 13.9. The molecule has 1 atom stereocenters. The van der Waals surface area contributed by atoms with Gasteiger partial charge in [-0.3, -0.25) is 0 Å². The van der Waals surface area contributed by atoms with Crippen molar-refractivity contribution < 1.29 is 10.2 Å². The van der Waals surface area contributed by atoms with Crippen LogP contribution in [0.3, 0.4) is 0 Å². The number of nitrogens with one attached hydrogen (secondary N) is 1. The minimum Gasteiger partial charge on any atom is -0.396 e. The van der Waals surface area contributed by atoms with Gasteiger partial charge in [-0.1, -0.05) is 32.6 Å². The summed E-state index contributed by atoms with van der Waals surface area (Å²) >= 11 is 0. The zero-order valence-electron chi connectivity index (χ0n) is 10.5. The molecule has 0 aromatic rings. The van der Waals surface area contributed by atoms with E-state index in [4.69, 9.17) is 5.11 Å². The van der Waals surface area contributed by atoms with Crippen molar-refractivity contribution in [1.29, 1.82) is 0 Å². The first-order valence-corrected chi connectivity index (χ1v) is 6.74. The van der Waals surface area contributed by atoms with Gasteiger partial charge in [0.1, 0.15) is 0 Å². The fourth-order valence-electron chi connectivity index (χ4n) is 2.53. The highest BCUT2D eigenvalue weighted by atomic mass is 16.3. The molecule has 3 nitrogen and oxygen atoms in total. The lowest BCUT2D eigenvalue weighted by Gasteiger charge is -2.32. The maximum absolute atomic E-state index is 10.3. The molecule has 0 aromatic carbocycles. The van der Waals surface area contributed by atoms with Crippen LogP contribution < -0.4 is 5.32 Å². The molecule has 3 N–H and O–H groups in total. The summed E-state index contributed by atoms with van der Waals surface area (Å²) in [5.41, 5.74) is -0.463. The molecule has 0 bridgehead atoms. The number of aliphatic hydroxyl groups excluding tert-OH is 1. The van der Waals surface area contributed by atoms with E-state index in [0.29, 0.717) is 5.92 Å². The lowest BCUT2D eigenvalue weighted by molar-refractivity contribution is 0.00413. The van der Waals surface area contributed by atoms with Gasteiger partial charge in [-0.05, 0) is 31.7 Å². The van der Waals surface area contributed by atoms with Gasteiger partial charge < -0.3 is 15.5 Å². The molecule has 0 aliphatic heterocycles. The number of hydrogen-bond acceptors (Lipinski definition) is 3. The Morgan fingerprint density at radius 3 is 2.50 bits per heavy atom. The van der Waals surface area contributed by atoms with E-state index in [1.807, 2.05) is 0 Å². The normalized spacial score (nSPS) is 21.9. The highest BCUT2D eigenvalue weighted by Crippen LogP contribution is 2.27. The molecule has 0 radical (unpaired) electrons. The number of hydrogen-bond donors (Lipinski definition) is 3. The Balaban J connectivity index is 2.17. The average molecular weight is 229 g/mol. The number of rotatable bonds is 7. The summed E-state index contributed by atoms with van der Waals surface area (Å²) in [4.78, 5) is 0. The molecule has 16 heavy (non-hydrogen) atoms. The van der Waals surface area contributed by atoms with Crippen molar-refractivity contribution in [3.05, 3.63) is 0 Å². The Bertz CT molecular complexity index is 179. The van der Waals surface area contributed by atoms with Gasteiger partial charge in [-0.25, -0.2) is 0 Å². The maximum atomic E-state index is 10.3. The van der Waals surface area contributed by atoms with Crippen LogP contribution in [-0.2, 0) is 0 Å². The Labute approximate surface area is 99.3 Å². The van der Waals surface area contributed by atoms with Crippen molar-refractivity contribution in [3.63, 3.8) is 0 Å². The summed E-state index contributed by atoms with van der Waals surface area (Å²) in [6, 6.07) is 0. The summed E-state index contributed by atoms with van der Waals surface area (Å²) in [6.07, 6.45) is 7.42. The van der Waals surface area contributed by atoms with Crippen LogP contribution >= 0.6 is 0 Å². The van der Waals surface area contributed by atoms with Crippen LogP contribution in [0.4, 0.5) is 0 Å². The Morgan fingerprint density at radius 1 is 1.25 bits per heavy atom. The molecule has 0 saturated heterocycles. The van der Waals surface area contributed by atoms with Crippen molar-refractivity contribution in [2.24, 2.45) is 5.92 Å². The quantitative estimate of drug-likeness (QED) is 0.622. The van der Waals surface area contributed by atoms with Crippen molar-refractivity contribution in [3.8, 4) is 0 Å². The molecule has 0 heterocycles. The van der Waals surface area contributed by atoms with Crippen LogP contribution in [0.2, 0.25) is 0 Å². The van der Waals surface area contributed by atoms with E-state index in [9.17, 15) is 5.11 Å². The summed E-state index contributed by atoms with van der Waals surface area (Å²) < 4.78 is 0.